The summed E-state index contributed by atoms with van der Waals surface area (Å²) < 4.78 is 14.1. The number of aromatic amines is 1. The van der Waals surface area contributed by atoms with E-state index in [-0.39, 0.29) is 17.5 Å². The molecule has 5 nitrogen and oxygen atoms in total. The van der Waals surface area contributed by atoms with Crippen LogP contribution in [0.2, 0.25) is 0 Å². The van der Waals surface area contributed by atoms with Gasteiger partial charge in [0.2, 0.25) is 0 Å². The maximum absolute atomic E-state index is 14.1. The predicted molar refractivity (Wildman–Crippen MR) is 115 cm³/mol. The number of nitrogens with one attached hydrogen (secondary N) is 2. The number of hydrogen-bond acceptors (Lipinski definition) is 3. The third-order valence-electron chi connectivity index (χ3n) is 5.27. The Bertz CT molecular complexity index is 1230. The molecule has 4 rings (SSSR count). The first-order valence-corrected chi connectivity index (χ1v) is 9.74. The van der Waals surface area contributed by atoms with Crippen molar-refractivity contribution in [3.63, 3.8) is 0 Å². The van der Waals surface area contributed by atoms with E-state index in [2.05, 4.69) is 15.3 Å². The van der Waals surface area contributed by atoms with Crippen LogP contribution in [0.25, 0.3) is 22.0 Å². The number of carbonyl (C=O) groups is 1. The van der Waals surface area contributed by atoms with Crippen LogP contribution in [0.3, 0.4) is 0 Å². The summed E-state index contributed by atoms with van der Waals surface area (Å²) in [4.78, 5) is 19.8. The molecule has 0 fully saturated rings. The lowest BCUT2D eigenvalue weighted by molar-refractivity contribution is 0.0949. The minimum Gasteiger partial charge on any atom is -0.508 e. The van der Waals surface area contributed by atoms with Crippen molar-refractivity contribution >= 4 is 16.8 Å². The van der Waals surface area contributed by atoms with Gasteiger partial charge >= 0.3 is 0 Å². The van der Waals surface area contributed by atoms with Crippen LogP contribution in [0.1, 0.15) is 27.3 Å². The number of halogens is 1. The molecular weight excluding hydrogens is 381 g/mol. The van der Waals surface area contributed by atoms with Crippen LogP contribution in [0.5, 0.6) is 5.75 Å². The van der Waals surface area contributed by atoms with Gasteiger partial charge in [-0.15, -0.1) is 0 Å². The molecule has 152 valence electrons. The van der Waals surface area contributed by atoms with E-state index >= 15 is 0 Å². The number of benzene rings is 2. The van der Waals surface area contributed by atoms with Gasteiger partial charge in [0.05, 0.1) is 5.52 Å². The molecule has 0 aliphatic rings. The molecule has 2 heterocycles. The van der Waals surface area contributed by atoms with Crippen molar-refractivity contribution in [2.75, 3.05) is 6.54 Å². The molecule has 0 atom stereocenters. The van der Waals surface area contributed by atoms with Gasteiger partial charge in [-0.2, -0.15) is 0 Å². The summed E-state index contributed by atoms with van der Waals surface area (Å²) in [6.45, 7) is 4.28. The van der Waals surface area contributed by atoms with Gasteiger partial charge in [-0.05, 0) is 61.2 Å². The number of aromatic nitrogens is 2. The first kappa shape index (κ1) is 19.6. The van der Waals surface area contributed by atoms with Crippen molar-refractivity contribution in [1.82, 2.24) is 15.3 Å². The highest BCUT2D eigenvalue weighted by Gasteiger charge is 2.14. The highest BCUT2D eigenvalue weighted by atomic mass is 19.1. The van der Waals surface area contributed by atoms with E-state index in [0.717, 1.165) is 33.3 Å². The van der Waals surface area contributed by atoms with Gasteiger partial charge < -0.3 is 15.4 Å². The standard InChI is InChI=1S/C24H22FN3O2/c1-14-6-8-20(25)23-22(14)19(15(2)28-23)10-11-26-24(30)21-9-7-17(13-27-21)16-4-3-5-18(29)12-16/h3-9,12-13,28-29H,10-11H2,1-2H3,(H,26,30). The fraction of sp³-hybridized carbons (Fsp3) is 0.167. The van der Waals surface area contributed by atoms with Gasteiger partial charge in [-0.1, -0.05) is 24.3 Å². The Hall–Kier alpha value is -3.67. The van der Waals surface area contributed by atoms with Crippen LogP contribution >= 0.6 is 0 Å². The van der Waals surface area contributed by atoms with E-state index < -0.39 is 0 Å². The van der Waals surface area contributed by atoms with Crippen molar-refractivity contribution < 1.29 is 14.3 Å². The van der Waals surface area contributed by atoms with Crippen molar-refractivity contribution in [2.24, 2.45) is 0 Å². The summed E-state index contributed by atoms with van der Waals surface area (Å²) >= 11 is 0. The Morgan fingerprint density at radius 1 is 1.13 bits per heavy atom. The monoisotopic (exact) mass is 403 g/mol. The molecule has 6 heteroatoms. The largest absolute Gasteiger partial charge is 0.508 e. The number of H-pyrrole nitrogens is 1. The second kappa shape index (κ2) is 7.99. The number of fused-ring (bicyclic) bond motifs is 1. The van der Waals surface area contributed by atoms with Crippen molar-refractivity contribution in [2.45, 2.75) is 20.3 Å². The van der Waals surface area contributed by atoms with Crippen LogP contribution in [0, 0.1) is 19.7 Å². The quantitative estimate of drug-likeness (QED) is 0.453. The number of aryl methyl sites for hydroxylation is 2. The number of amides is 1. The summed E-state index contributed by atoms with van der Waals surface area (Å²) in [6, 6.07) is 13.6. The molecule has 1 amide bonds. The summed E-state index contributed by atoms with van der Waals surface area (Å²) in [5.74, 6) is -0.361. The summed E-state index contributed by atoms with van der Waals surface area (Å²) in [5.41, 5.74) is 5.38. The van der Waals surface area contributed by atoms with Crippen molar-refractivity contribution in [3.05, 3.63) is 83.1 Å². The average Bonchev–Trinajstić information content (AvgIpc) is 3.08. The Labute approximate surface area is 173 Å². The fourth-order valence-electron chi connectivity index (χ4n) is 3.73. The number of rotatable bonds is 5. The summed E-state index contributed by atoms with van der Waals surface area (Å²) in [7, 11) is 0. The van der Waals surface area contributed by atoms with Gasteiger partial charge in [0.1, 0.15) is 17.3 Å². The van der Waals surface area contributed by atoms with Gasteiger partial charge in [0, 0.05) is 29.4 Å². The maximum atomic E-state index is 14.1. The molecule has 0 unspecified atom stereocenters. The van der Waals surface area contributed by atoms with Crippen LogP contribution in [-0.4, -0.2) is 27.5 Å². The van der Waals surface area contributed by atoms with Gasteiger partial charge in [-0.3, -0.25) is 9.78 Å². The van der Waals surface area contributed by atoms with Crippen molar-refractivity contribution in [1.29, 1.82) is 0 Å². The Morgan fingerprint density at radius 3 is 2.70 bits per heavy atom. The molecule has 3 N–H and O–H groups in total. The molecule has 2 aromatic carbocycles. The molecular formula is C24H22FN3O2. The van der Waals surface area contributed by atoms with E-state index in [1.807, 2.05) is 19.9 Å². The molecule has 0 aliphatic heterocycles. The number of phenols is 1. The SMILES string of the molecule is Cc1[nH]c2c(F)ccc(C)c2c1CCNC(=O)c1ccc(-c2cccc(O)c2)cn1. The van der Waals surface area contributed by atoms with Crippen LogP contribution in [0.4, 0.5) is 4.39 Å². The maximum Gasteiger partial charge on any atom is 0.269 e. The average molecular weight is 403 g/mol. The minimum absolute atomic E-state index is 0.178. The second-order valence-electron chi connectivity index (χ2n) is 7.33. The second-order valence-corrected chi connectivity index (χ2v) is 7.33. The van der Waals surface area contributed by atoms with E-state index in [4.69, 9.17) is 0 Å². The van der Waals surface area contributed by atoms with Crippen molar-refractivity contribution in [3.8, 4) is 16.9 Å². The number of aromatic hydroxyl groups is 1. The molecule has 2 aromatic heterocycles. The van der Waals surface area contributed by atoms with Crippen LogP contribution in [0.15, 0.2) is 54.7 Å². The number of pyridine rings is 1. The fourth-order valence-corrected chi connectivity index (χ4v) is 3.73. The molecule has 0 aliphatic carbocycles. The normalized spacial score (nSPS) is 11.0. The number of hydrogen-bond donors (Lipinski definition) is 3. The van der Waals surface area contributed by atoms with Crippen LogP contribution < -0.4 is 5.32 Å². The third-order valence-corrected chi connectivity index (χ3v) is 5.27. The zero-order valence-electron chi connectivity index (χ0n) is 16.8. The highest BCUT2D eigenvalue weighted by Crippen LogP contribution is 2.28. The number of carbonyl (C=O) groups excluding carboxylic acids is 1. The Balaban J connectivity index is 1.44. The molecule has 30 heavy (non-hydrogen) atoms. The molecule has 0 radical (unpaired) electrons. The number of phenolic OH excluding ortho intramolecular Hbond substituents is 1. The lowest BCUT2D eigenvalue weighted by Gasteiger charge is -2.07. The van der Waals surface area contributed by atoms with Gasteiger partial charge in [0.15, 0.2) is 0 Å². The van der Waals surface area contributed by atoms with E-state index in [0.29, 0.717) is 24.2 Å². The van der Waals surface area contributed by atoms with E-state index in [1.165, 1.54) is 6.07 Å². The lowest BCUT2D eigenvalue weighted by atomic mass is 10.0. The van der Waals surface area contributed by atoms with E-state index in [1.54, 1.807) is 42.6 Å². The first-order chi connectivity index (χ1) is 14.4. The first-order valence-electron chi connectivity index (χ1n) is 9.74. The smallest absolute Gasteiger partial charge is 0.269 e. The third kappa shape index (κ3) is 3.76. The van der Waals surface area contributed by atoms with Crippen LogP contribution in [-0.2, 0) is 6.42 Å². The van der Waals surface area contributed by atoms with E-state index in [9.17, 15) is 14.3 Å². The Morgan fingerprint density at radius 2 is 1.97 bits per heavy atom. The molecule has 0 saturated carbocycles. The summed E-state index contributed by atoms with van der Waals surface area (Å²) in [5, 5.41) is 13.4. The molecule has 0 bridgehead atoms. The molecule has 4 aromatic rings. The summed E-state index contributed by atoms with van der Waals surface area (Å²) in [6.07, 6.45) is 2.20. The topological polar surface area (TPSA) is 78.0 Å². The highest BCUT2D eigenvalue weighted by molar-refractivity contribution is 5.93. The zero-order valence-corrected chi connectivity index (χ0v) is 16.8. The number of nitrogens with zero attached hydrogens (tertiary/aromatic N) is 1. The lowest BCUT2D eigenvalue weighted by Crippen LogP contribution is -2.26. The Kier molecular flexibility index (Phi) is 5.23. The molecule has 0 saturated heterocycles. The minimum atomic E-state index is -0.273. The predicted octanol–water partition coefficient (Wildman–Crippen LogP) is 4.66. The zero-order chi connectivity index (χ0) is 21.3. The van der Waals surface area contributed by atoms with Gasteiger partial charge in [0.25, 0.3) is 5.91 Å². The van der Waals surface area contributed by atoms with Gasteiger partial charge in [-0.25, -0.2) is 4.39 Å². The molecule has 0 spiro atoms.